The van der Waals surface area contributed by atoms with Crippen molar-refractivity contribution in [2.45, 2.75) is 37.9 Å². The van der Waals surface area contributed by atoms with Gasteiger partial charge in [-0.1, -0.05) is 30.3 Å². The smallest absolute Gasteiger partial charge is 0.419 e. The number of amides is 2. The van der Waals surface area contributed by atoms with Gasteiger partial charge in [0.25, 0.3) is 0 Å². The van der Waals surface area contributed by atoms with Crippen molar-refractivity contribution in [3.63, 3.8) is 0 Å². The minimum absolute atomic E-state index is 0.106. The Morgan fingerprint density at radius 2 is 1.62 bits per heavy atom. The molecule has 8 nitrogen and oxygen atoms in total. The van der Waals surface area contributed by atoms with E-state index in [-0.39, 0.29) is 41.8 Å². The molecule has 3 heterocycles. The Labute approximate surface area is 260 Å². The van der Waals surface area contributed by atoms with Gasteiger partial charge in [-0.15, -0.1) is 0 Å². The summed E-state index contributed by atoms with van der Waals surface area (Å²) in [6, 6.07) is 16.1. The second kappa shape index (κ2) is 16.3. The van der Waals surface area contributed by atoms with Gasteiger partial charge < -0.3 is 21.1 Å². The van der Waals surface area contributed by atoms with Gasteiger partial charge in [0.2, 0.25) is 11.8 Å². The number of aromatic nitrogens is 1. The average Bonchev–Trinajstić information content (AvgIpc) is 3.05. The lowest BCUT2D eigenvalue weighted by molar-refractivity contribution is -0.139. The third kappa shape index (κ3) is 10.3. The maximum Gasteiger partial charge on any atom is 0.419 e. The molecule has 2 amide bonds. The number of hydrogen-bond donors (Lipinski definition) is 3. The Hall–Kier alpha value is -4.03. The van der Waals surface area contributed by atoms with E-state index in [2.05, 4.69) is 20.5 Å². The number of carbonyl (C=O) groups excluding carboxylic acids is 2. The van der Waals surface area contributed by atoms with Crippen LogP contribution in [0.4, 0.5) is 17.6 Å². The van der Waals surface area contributed by atoms with Crippen molar-refractivity contribution in [3.05, 3.63) is 95.6 Å². The molecule has 0 saturated carbocycles. The summed E-state index contributed by atoms with van der Waals surface area (Å²) in [7, 11) is 0. The highest BCUT2D eigenvalue weighted by molar-refractivity contribution is 5.79. The van der Waals surface area contributed by atoms with Crippen molar-refractivity contribution >= 4 is 11.8 Å². The number of pyridine rings is 1. The third-order valence-electron chi connectivity index (χ3n) is 8.03. The average molecular weight is 630 g/mol. The van der Waals surface area contributed by atoms with Gasteiger partial charge in [-0.2, -0.15) is 13.2 Å². The summed E-state index contributed by atoms with van der Waals surface area (Å²) in [6.07, 6.45) is 0.229. The summed E-state index contributed by atoms with van der Waals surface area (Å²) in [5.74, 6) is -0.865. The molecule has 0 aliphatic carbocycles. The molecular formula is C33H39F4N5O3. The zero-order valence-corrected chi connectivity index (χ0v) is 24.9. The van der Waals surface area contributed by atoms with Crippen LogP contribution in [-0.4, -0.2) is 61.0 Å². The van der Waals surface area contributed by atoms with Crippen LogP contribution in [0, 0.1) is 17.7 Å². The van der Waals surface area contributed by atoms with Crippen LogP contribution >= 0.6 is 0 Å². The molecule has 4 N–H and O–H groups in total. The number of benzene rings is 2. The lowest BCUT2D eigenvalue weighted by Gasteiger charge is -2.32. The number of piperidine rings is 2. The number of nitrogens with zero attached hydrogens (tertiary/aromatic N) is 2. The van der Waals surface area contributed by atoms with Crippen LogP contribution in [0.2, 0.25) is 0 Å². The molecule has 2 saturated heterocycles. The van der Waals surface area contributed by atoms with E-state index in [0.717, 1.165) is 37.6 Å². The van der Waals surface area contributed by atoms with E-state index >= 15 is 0 Å². The summed E-state index contributed by atoms with van der Waals surface area (Å²) >= 11 is 0. The molecule has 5 rings (SSSR count). The van der Waals surface area contributed by atoms with Gasteiger partial charge in [0.15, 0.2) is 0 Å². The summed E-state index contributed by atoms with van der Waals surface area (Å²) in [6.45, 7) is 3.73. The first-order valence-corrected chi connectivity index (χ1v) is 15.1. The Balaban J connectivity index is 0.000000440. The number of para-hydroxylation sites is 1. The van der Waals surface area contributed by atoms with Crippen molar-refractivity contribution in [3.8, 4) is 5.75 Å². The van der Waals surface area contributed by atoms with E-state index in [1.807, 2.05) is 12.1 Å². The van der Waals surface area contributed by atoms with Crippen molar-refractivity contribution in [2.75, 3.05) is 39.3 Å². The van der Waals surface area contributed by atoms with Crippen LogP contribution in [-0.2, 0) is 15.8 Å². The van der Waals surface area contributed by atoms with Crippen LogP contribution in [0.1, 0.15) is 48.5 Å². The summed E-state index contributed by atoms with van der Waals surface area (Å²) in [4.78, 5) is 30.1. The van der Waals surface area contributed by atoms with Crippen LogP contribution in [0.3, 0.4) is 0 Å². The third-order valence-corrected chi connectivity index (χ3v) is 8.03. The molecule has 1 aromatic heterocycles. The molecule has 2 aliphatic heterocycles. The molecule has 0 spiro atoms. The van der Waals surface area contributed by atoms with Crippen LogP contribution in [0.25, 0.3) is 0 Å². The number of primary amides is 1. The van der Waals surface area contributed by atoms with Crippen molar-refractivity contribution in [1.82, 2.24) is 20.5 Å². The lowest BCUT2D eigenvalue weighted by atomic mass is 9.94. The van der Waals surface area contributed by atoms with E-state index in [0.29, 0.717) is 38.2 Å². The number of carbonyl (C=O) groups is 2. The number of halogens is 4. The number of nitrogens with one attached hydrogen (secondary N) is 2. The van der Waals surface area contributed by atoms with E-state index in [1.165, 1.54) is 30.3 Å². The Morgan fingerprint density at radius 3 is 2.22 bits per heavy atom. The molecule has 1 atom stereocenters. The van der Waals surface area contributed by atoms with Crippen molar-refractivity contribution in [1.29, 1.82) is 0 Å². The van der Waals surface area contributed by atoms with Gasteiger partial charge in [0.05, 0.1) is 17.3 Å². The lowest BCUT2D eigenvalue weighted by Crippen LogP contribution is -2.43. The van der Waals surface area contributed by atoms with Gasteiger partial charge in [-0.3, -0.25) is 19.5 Å². The monoisotopic (exact) mass is 629 g/mol. The molecule has 242 valence electrons. The number of ether oxygens (including phenoxy) is 1. The summed E-state index contributed by atoms with van der Waals surface area (Å²) in [5, 5.41) is 6.23. The second-order valence-corrected chi connectivity index (χ2v) is 11.1. The number of rotatable bonds is 9. The minimum atomic E-state index is -4.47. The van der Waals surface area contributed by atoms with Gasteiger partial charge >= 0.3 is 6.18 Å². The van der Waals surface area contributed by atoms with Crippen LogP contribution in [0.15, 0.2) is 72.9 Å². The van der Waals surface area contributed by atoms with E-state index < -0.39 is 17.8 Å². The fourth-order valence-electron chi connectivity index (χ4n) is 5.43. The van der Waals surface area contributed by atoms with E-state index in [1.54, 1.807) is 24.4 Å². The summed E-state index contributed by atoms with van der Waals surface area (Å²) < 4.78 is 58.2. The normalized spacial score (nSPS) is 17.1. The Morgan fingerprint density at radius 1 is 0.956 bits per heavy atom. The maximum atomic E-state index is 13.4. The molecule has 3 aromatic rings. The maximum absolute atomic E-state index is 13.4. The zero-order valence-electron chi connectivity index (χ0n) is 24.9. The van der Waals surface area contributed by atoms with Crippen molar-refractivity contribution in [2.24, 2.45) is 17.6 Å². The Bertz CT molecular complexity index is 1360. The minimum Gasteiger partial charge on any atom is -0.492 e. The first-order valence-electron chi connectivity index (χ1n) is 15.1. The highest BCUT2D eigenvalue weighted by atomic mass is 19.4. The molecule has 0 bridgehead atoms. The molecular weight excluding hydrogens is 590 g/mol. The summed E-state index contributed by atoms with van der Waals surface area (Å²) in [5.41, 5.74) is 5.70. The van der Waals surface area contributed by atoms with Crippen LogP contribution in [0.5, 0.6) is 5.75 Å². The number of hydrogen-bond acceptors (Lipinski definition) is 6. The van der Waals surface area contributed by atoms with Gasteiger partial charge in [-0.05, 0) is 93.8 Å². The fraction of sp³-hybridized carbons (Fsp3) is 0.424. The standard InChI is InChI=1S/C27H27F4N3O2.C6H12N2O/c28-21-10-8-19(9-11-21)25(23-6-3-4-14-32-23)33-26(35)20-12-15-34(16-13-20)17-18-36-24-7-2-1-5-22(24)27(29,30)31;7-6(9)5-1-3-8-4-2-5/h1-11,14,20,25H,12-13,15-18H2,(H,33,35);5,8H,1-4H2,(H2,7,9). The molecule has 12 heteroatoms. The fourth-order valence-corrected chi connectivity index (χ4v) is 5.43. The SMILES string of the molecule is NC(=O)C1CCNCC1.O=C(NC(c1ccc(F)cc1)c1ccccn1)C1CCN(CCOc2ccccc2C(F)(F)F)CC1. The second-order valence-electron chi connectivity index (χ2n) is 11.1. The molecule has 2 aromatic carbocycles. The molecule has 45 heavy (non-hydrogen) atoms. The Kier molecular flexibility index (Phi) is 12.3. The predicted octanol–water partition coefficient (Wildman–Crippen LogP) is 4.71. The molecule has 1 unspecified atom stereocenters. The highest BCUT2D eigenvalue weighted by Gasteiger charge is 2.34. The molecule has 2 fully saturated rings. The molecule has 0 radical (unpaired) electrons. The number of likely N-dealkylation sites (tertiary alicyclic amines) is 1. The quantitative estimate of drug-likeness (QED) is 0.296. The number of nitrogens with two attached hydrogens (primary N) is 1. The highest BCUT2D eigenvalue weighted by Crippen LogP contribution is 2.36. The number of alkyl halides is 3. The van der Waals surface area contributed by atoms with Crippen molar-refractivity contribution < 1.29 is 31.9 Å². The van der Waals surface area contributed by atoms with E-state index in [9.17, 15) is 27.2 Å². The zero-order chi connectivity index (χ0) is 32.2. The first kappa shape index (κ1) is 33.9. The van der Waals surface area contributed by atoms with Gasteiger partial charge in [-0.25, -0.2) is 4.39 Å². The molecule has 2 aliphatic rings. The van der Waals surface area contributed by atoms with Gasteiger partial charge in [0, 0.05) is 24.6 Å². The van der Waals surface area contributed by atoms with Crippen LogP contribution < -0.4 is 21.1 Å². The predicted molar refractivity (Wildman–Crippen MR) is 162 cm³/mol. The first-order chi connectivity index (χ1) is 21.6. The largest absolute Gasteiger partial charge is 0.492 e. The van der Waals surface area contributed by atoms with Gasteiger partial charge in [0.1, 0.15) is 18.2 Å². The van der Waals surface area contributed by atoms with E-state index in [4.69, 9.17) is 10.5 Å². The topological polar surface area (TPSA) is 110 Å².